The molecule has 5 nitrogen and oxygen atoms in total. The smallest absolute Gasteiger partial charge is 0.170 e. The van der Waals surface area contributed by atoms with Crippen molar-refractivity contribution in [2.24, 2.45) is 10.9 Å². The van der Waals surface area contributed by atoms with Crippen LogP contribution in [0.4, 0.5) is 5.69 Å². The minimum absolute atomic E-state index is 0.136. The zero-order valence-corrected chi connectivity index (χ0v) is 12.1. The van der Waals surface area contributed by atoms with E-state index in [-0.39, 0.29) is 5.84 Å². The fourth-order valence-corrected chi connectivity index (χ4v) is 2.25. The third-order valence-electron chi connectivity index (χ3n) is 3.21. The molecular weight excluding hydrogens is 242 g/mol. The third kappa shape index (κ3) is 3.61. The summed E-state index contributed by atoms with van der Waals surface area (Å²) in [5.41, 5.74) is 8.47. The molecule has 0 bridgehead atoms. The molecule has 3 N–H and O–H groups in total. The summed E-state index contributed by atoms with van der Waals surface area (Å²) in [5, 5.41) is 11.8. The van der Waals surface area contributed by atoms with Gasteiger partial charge < -0.3 is 20.6 Å². The minimum Gasteiger partial charge on any atom is -0.409 e. The average molecular weight is 265 g/mol. The van der Waals surface area contributed by atoms with Gasteiger partial charge in [0.05, 0.1) is 6.61 Å². The highest BCUT2D eigenvalue weighted by Crippen LogP contribution is 2.21. The van der Waals surface area contributed by atoms with Crippen LogP contribution in [-0.2, 0) is 4.74 Å². The van der Waals surface area contributed by atoms with Crippen LogP contribution >= 0.6 is 0 Å². The Labute approximate surface area is 114 Å². The molecule has 1 aromatic carbocycles. The van der Waals surface area contributed by atoms with Crippen LogP contribution in [0.3, 0.4) is 0 Å². The molecule has 1 aromatic rings. The van der Waals surface area contributed by atoms with Gasteiger partial charge >= 0.3 is 0 Å². The second kappa shape index (κ2) is 6.99. The van der Waals surface area contributed by atoms with Crippen molar-refractivity contribution in [2.45, 2.75) is 26.8 Å². The van der Waals surface area contributed by atoms with Crippen LogP contribution < -0.4 is 10.6 Å². The van der Waals surface area contributed by atoms with Gasteiger partial charge in [0, 0.05) is 30.9 Å². The van der Waals surface area contributed by atoms with Crippen molar-refractivity contribution in [3.8, 4) is 0 Å². The fourth-order valence-electron chi connectivity index (χ4n) is 2.25. The minimum atomic E-state index is 0.136. The molecule has 0 aromatic heterocycles. The van der Waals surface area contributed by atoms with Crippen molar-refractivity contribution in [3.05, 3.63) is 29.3 Å². The van der Waals surface area contributed by atoms with Gasteiger partial charge in [0.15, 0.2) is 5.84 Å². The van der Waals surface area contributed by atoms with E-state index in [0.29, 0.717) is 12.6 Å². The fraction of sp³-hybridized carbons (Fsp3) is 0.500. The normalized spacial score (nSPS) is 13.4. The molecule has 19 heavy (non-hydrogen) atoms. The first-order valence-electron chi connectivity index (χ1n) is 6.39. The standard InChI is InChI=1S/C14H23N3O2/c1-5-17(11(3)9-19-4)12-6-7-13(10(2)8-12)14(15)16-18/h6-8,11,18H,5,9H2,1-4H3,(H2,15,16). The summed E-state index contributed by atoms with van der Waals surface area (Å²) in [6, 6.07) is 6.20. The van der Waals surface area contributed by atoms with Gasteiger partial charge in [-0.15, -0.1) is 0 Å². The first kappa shape index (κ1) is 15.3. The van der Waals surface area contributed by atoms with E-state index in [1.165, 1.54) is 0 Å². The Bertz CT molecular complexity index is 446. The monoisotopic (exact) mass is 265 g/mol. The van der Waals surface area contributed by atoms with E-state index >= 15 is 0 Å². The van der Waals surface area contributed by atoms with Gasteiger partial charge in [-0.25, -0.2) is 0 Å². The number of nitrogens with two attached hydrogens (primary N) is 1. The Morgan fingerprint density at radius 3 is 2.68 bits per heavy atom. The van der Waals surface area contributed by atoms with Crippen LogP contribution in [0.2, 0.25) is 0 Å². The van der Waals surface area contributed by atoms with Crippen molar-refractivity contribution in [3.63, 3.8) is 0 Å². The molecule has 0 heterocycles. The van der Waals surface area contributed by atoms with E-state index in [1.54, 1.807) is 7.11 Å². The molecule has 1 unspecified atom stereocenters. The molecule has 0 saturated heterocycles. The molecular formula is C14H23N3O2. The number of amidine groups is 1. The van der Waals surface area contributed by atoms with Gasteiger partial charge in [0.25, 0.3) is 0 Å². The van der Waals surface area contributed by atoms with Crippen LogP contribution in [-0.4, -0.2) is 37.3 Å². The van der Waals surface area contributed by atoms with E-state index in [9.17, 15) is 0 Å². The Balaban J connectivity index is 3.04. The molecule has 0 amide bonds. The molecule has 0 fully saturated rings. The van der Waals surface area contributed by atoms with Gasteiger partial charge in [0.1, 0.15) is 0 Å². The zero-order chi connectivity index (χ0) is 14.4. The first-order chi connectivity index (χ1) is 9.04. The summed E-state index contributed by atoms with van der Waals surface area (Å²) in [5.74, 6) is 0.136. The summed E-state index contributed by atoms with van der Waals surface area (Å²) >= 11 is 0. The maximum absolute atomic E-state index is 8.73. The third-order valence-corrected chi connectivity index (χ3v) is 3.21. The SMILES string of the molecule is CCN(c1ccc(/C(N)=N/O)c(C)c1)C(C)COC. The summed E-state index contributed by atoms with van der Waals surface area (Å²) in [7, 11) is 1.71. The van der Waals surface area contributed by atoms with Gasteiger partial charge in [-0.3, -0.25) is 0 Å². The van der Waals surface area contributed by atoms with Crippen LogP contribution in [0.1, 0.15) is 25.0 Å². The van der Waals surface area contributed by atoms with Crippen molar-refractivity contribution in [2.75, 3.05) is 25.2 Å². The van der Waals surface area contributed by atoms with E-state index in [0.717, 1.165) is 23.4 Å². The molecule has 0 saturated carbocycles. The number of nitrogens with zero attached hydrogens (tertiary/aromatic N) is 2. The van der Waals surface area contributed by atoms with Crippen molar-refractivity contribution < 1.29 is 9.94 Å². The van der Waals surface area contributed by atoms with Crippen LogP contribution in [0.15, 0.2) is 23.4 Å². The number of anilines is 1. The highest BCUT2D eigenvalue weighted by atomic mass is 16.5. The Hall–Kier alpha value is -1.75. The van der Waals surface area contributed by atoms with E-state index in [2.05, 4.69) is 23.9 Å². The van der Waals surface area contributed by atoms with Crippen LogP contribution in [0, 0.1) is 6.92 Å². The van der Waals surface area contributed by atoms with Crippen LogP contribution in [0.25, 0.3) is 0 Å². The number of rotatable bonds is 6. The average Bonchev–Trinajstić information content (AvgIpc) is 2.39. The van der Waals surface area contributed by atoms with E-state index in [1.807, 2.05) is 25.1 Å². The quantitative estimate of drug-likeness (QED) is 0.357. The van der Waals surface area contributed by atoms with Crippen molar-refractivity contribution >= 4 is 11.5 Å². The maximum atomic E-state index is 8.73. The molecule has 5 heteroatoms. The topological polar surface area (TPSA) is 71.1 Å². The lowest BCUT2D eigenvalue weighted by Crippen LogP contribution is -2.36. The Kier molecular flexibility index (Phi) is 5.63. The number of aryl methyl sites for hydroxylation is 1. The highest BCUT2D eigenvalue weighted by Gasteiger charge is 2.14. The summed E-state index contributed by atoms with van der Waals surface area (Å²) < 4.78 is 5.20. The highest BCUT2D eigenvalue weighted by molar-refractivity contribution is 5.98. The van der Waals surface area contributed by atoms with Crippen molar-refractivity contribution in [1.82, 2.24) is 0 Å². The molecule has 106 valence electrons. The molecule has 0 aliphatic heterocycles. The van der Waals surface area contributed by atoms with Gasteiger partial charge in [0.2, 0.25) is 0 Å². The van der Waals surface area contributed by atoms with E-state index < -0.39 is 0 Å². The molecule has 1 rings (SSSR count). The zero-order valence-electron chi connectivity index (χ0n) is 12.1. The maximum Gasteiger partial charge on any atom is 0.170 e. The number of hydrogen-bond donors (Lipinski definition) is 2. The lowest BCUT2D eigenvalue weighted by Gasteiger charge is -2.30. The number of benzene rings is 1. The molecule has 0 radical (unpaired) electrons. The summed E-state index contributed by atoms with van der Waals surface area (Å²) in [6.07, 6.45) is 0. The number of oxime groups is 1. The summed E-state index contributed by atoms with van der Waals surface area (Å²) in [6.45, 7) is 7.76. The lowest BCUT2D eigenvalue weighted by atomic mass is 10.1. The largest absolute Gasteiger partial charge is 0.409 e. The number of likely N-dealkylation sites (N-methyl/N-ethyl adjacent to an activating group) is 1. The van der Waals surface area contributed by atoms with Crippen molar-refractivity contribution in [1.29, 1.82) is 0 Å². The predicted molar refractivity (Wildman–Crippen MR) is 78.0 cm³/mol. The number of ether oxygens (including phenoxy) is 1. The Morgan fingerprint density at radius 2 is 2.21 bits per heavy atom. The van der Waals surface area contributed by atoms with Gasteiger partial charge in [-0.2, -0.15) is 0 Å². The number of hydrogen-bond acceptors (Lipinski definition) is 4. The second-order valence-corrected chi connectivity index (χ2v) is 4.57. The lowest BCUT2D eigenvalue weighted by molar-refractivity contribution is 0.182. The molecule has 0 aliphatic rings. The second-order valence-electron chi connectivity index (χ2n) is 4.57. The van der Waals surface area contributed by atoms with Gasteiger partial charge in [-0.05, 0) is 44.5 Å². The summed E-state index contributed by atoms with van der Waals surface area (Å²) in [4.78, 5) is 2.26. The van der Waals surface area contributed by atoms with Gasteiger partial charge in [-0.1, -0.05) is 5.16 Å². The molecule has 1 atom stereocenters. The van der Waals surface area contributed by atoms with E-state index in [4.69, 9.17) is 15.7 Å². The first-order valence-corrected chi connectivity index (χ1v) is 6.39. The predicted octanol–water partition coefficient (Wildman–Crippen LogP) is 1.95. The molecule has 0 aliphatic carbocycles. The number of methoxy groups -OCH3 is 1. The Morgan fingerprint density at radius 1 is 1.53 bits per heavy atom. The molecule has 0 spiro atoms. The van der Waals surface area contributed by atoms with Crippen LogP contribution in [0.5, 0.6) is 0 Å².